The maximum Gasteiger partial charge on any atom is 0.0446 e. The van der Waals surface area contributed by atoms with E-state index in [0.29, 0.717) is 18.0 Å². The molecule has 0 saturated heterocycles. The second kappa shape index (κ2) is 8.43. The lowest BCUT2D eigenvalue weighted by Crippen LogP contribution is -2.36. The number of nitrogens with zero attached hydrogens (tertiary/aromatic N) is 1. The highest BCUT2D eigenvalue weighted by molar-refractivity contribution is 5.27. The Bertz CT molecular complexity index is 370. The Kier molecular flexibility index (Phi) is 7.25. The van der Waals surface area contributed by atoms with Crippen LogP contribution in [0.25, 0.3) is 0 Å². The monoisotopic (exact) mass is 276 g/mol. The lowest BCUT2D eigenvalue weighted by Gasteiger charge is -2.29. The van der Waals surface area contributed by atoms with E-state index in [4.69, 9.17) is 0 Å². The number of benzene rings is 1. The van der Waals surface area contributed by atoms with E-state index in [0.717, 1.165) is 6.54 Å². The van der Waals surface area contributed by atoms with Crippen LogP contribution in [0, 0.1) is 0 Å². The standard InChI is InChI=1S/C18H32N2/c1-7-8-15(4)20(6)13-18(19-5)17-11-9-16(10-12-17)14(2)3/h9-12,14-15,18-19H,7-8,13H2,1-6H3. The molecule has 0 radical (unpaired) electrons. The summed E-state index contributed by atoms with van der Waals surface area (Å²) < 4.78 is 0. The molecule has 1 aromatic rings. The molecule has 1 aromatic carbocycles. The molecular formula is C18H32N2. The lowest BCUT2D eigenvalue weighted by molar-refractivity contribution is 0.222. The highest BCUT2D eigenvalue weighted by atomic mass is 15.1. The summed E-state index contributed by atoms with van der Waals surface area (Å²) in [4.78, 5) is 2.46. The largest absolute Gasteiger partial charge is 0.312 e. The van der Waals surface area contributed by atoms with Crippen LogP contribution in [0.4, 0.5) is 0 Å². The normalized spacial score (nSPS) is 14.8. The van der Waals surface area contributed by atoms with Gasteiger partial charge in [0.05, 0.1) is 0 Å². The van der Waals surface area contributed by atoms with Crippen molar-refractivity contribution in [1.29, 1.82) is 0 Å². The van der Waals surface area contributed by atoms with Crippen LogP contribution in [0.3, 0.4) is 0 Å². The minimum absolute atomic E-state index is 0.403. The molecule has 0 aromatic heterocycles. The zero-order valence-corrected chi connectivity index (χ0v) is 14.1. The van der Waals surface area contributed by atoms with E-state index in [9.17, 15) is 0 Å². The highest BCUT2D eigenvalue weighted by Crippen LogP contribution is 2.20. The van der Waals surface area contributed by atoms with Gasteiger partial charge < -0.3 is 10.2 Å². The minimum atomic E-state index is 0.403. The van der Waals surface area contributed by atoms with Crippen molar-refractivity contribution in [2.24, 2.45) is 0 Å². The highest BCUT2D eigenvalue weighted by Gasteiger charge is 2.15. The molecule has 20 heavy (non-hydrogen) atoms. The number of likely N-dealkylation sites (N-methyl/N-ethyl adjacent to an activating group) is 2. The van der Waals surface area contributed by atoms with Crippen LogP contribution in [0.5, 0.6) is 0 Å². The molecule has 0 aliphatic carbocycles. The van der Waals surface area contributed by atoms with Gasteiger partial charge in [-0.25, -0.2) is 0 Å². The van der Waals surface area contributed by atoms with E-state index in [1.54, 1.807) is 0 Å². The van der Waals surface area contributed by atoms with Gasteiger partial charge in [0.1, 0.15) is 0 Å². The molecule has 2 atom stereocenters. The van der Waals surface area contributed by atoms with Crippen LogP contribution in [0.2, 0.25) is 0 Å². The molecule has 1 rings (SSSR count). The Morgan fingerprint density at radius 1 is 1.05 bits per heavy atom. The van der Waals surface area contributed by atoms with Crippen molar-refractivity contribution in [1.82, 2.24) is 10.2 Å². The average Bonchev–Trinajstić information content (AvgIpc) is 2.44. The summed E-state index contributed by atoms with van der Waals surface area (Å²) in [5.41, 5.74) is 2.80. The van der Waals surface area contributed by atoms with Gasteiger partial charge in [-0.05, 0) is 44.5 Å². The Balaban J connectivity index is 2.70. The molecule has 0 amide bonds. The summed E-state index contributed by atoms with van der Waals surface area (Å²) in [5, 5.41) is 3.45. The van der Waals surface area contributed by atoms with Crippen molar-refractivity contribution in [2.75, 3.05) is 20.6 Å². The van der Waals surface area contributed by atoms with Gasteiger partial charge >= 0.3 is 0 Å². The van der Waals surface area contributed by atoms with Crippen molar-refractivity contribution in [3.05, 3.63) is 35.4 Å². The molecule has 2 heteroatoms. The summed E-state index contributed by atoms with van der Waals surface area (Å²) in [6.45, 7) is 10.1. The SMILES string of the molecule is CCCC(C)N(C)CC(NC)c1ccc(C(C)C)cc1. The number of hydrogen-bond acceptors (Lipinski definition) is 2. The van der Waals surface area contributed by atoms with Crippen molar-refractivity contribution < 1.29 is 0 Å². The van der Waals surface area contributed by atoms with Crippen molar-refractivity contribution in [2.45, 2.75) is 58.5 Å². The molecule has 1 N–H and O–H groups in total. The molecule has 2 unspecified atom stereocenters. The molecule has 0 saturated carbocycles. The predicted molar refractivity (Wildman–Crippen MR) is 89.3 cm³/mol. The fourth-order valence-electron chi connectivity index (χ4n) is 2.58. The first kappa shape index (κ1) is 17.2. The molecule has 114 valence electrons. The Labute approximate surface area is 125 Å². The van der Waals surface area contributed by atoms with Gasteiger partial charge in [-0.1, -0.05) is 51.5 Å². The second-order valence-electron chi connectivity index (χ2n) is 6.24. The second-order valence-corrected chi connectivity index (χ2v) is 6.24. The maximum atomic E-state index is 3.45. The van der Waals surface area contributed by atoms with Gasteiger partial charge in [-0.2, -0.15) is 0 Å². The minimum Gasteiger partial charge on any atom is -0.312 e. The topological polar surface area (TPSA) is 15.3 Å². The van der Waals surface area contributed by atoms with E-state index < -0.39 is 0 Å². The predicted octanol–water partition coefficient (Wildman–Crippen LogP) is 4.19. The number of nitrogens with one attached hydrogen (secondary N) is 1. The average molecular weight is 276 g/mol. The summed E-state index contributed by atoms with van der Waals surface area (Å²) in [5.74, 6) is 0.601. The number of rotatable bonds is 8. The van der Waals surface area contributed by atoms with Gasteiger partial charge in [0.15, 0.2) is 0 Å². The van der Waals surface area contributed by atoms with E-state index in [2.05, 4.69) is 76.3 Å². The first-order valence-electron chi connectivity index (χ1n) is 7.96. The maximum absolute atomic E-state index is 3.45. The Morgan fingerprint density at radius 3 is 2.05 bits per heavy atom. The fraction of sp³-hybridized carbons (Fsp3) is 0.667. The number of hydrogen-bond donors (Lipinski definition) is 1. The summed E-state index contributed by atoms with van der Waals surface area (Å²) in [6, 6.07) is 10.1. The zero-order chi connectivity index (χ0) is 15.1. The van der Waals surface area contributed by atoms with Crippen molar-refractivity contribution in [3.63, 3.8) is 0 Å². The fourth-order valence-corrected chi connectivity index (χ4v) is 2.58. The van der Waals surface area contributed by atoms with Crippen molar-refractivity contribution in [3.8, 4) is 0 Å². The lowest BCUT2D eigenvalue weighted by atomic mass is 9.98. The quantitative estimate of drug-likeness (QED) is 0.766. The summed E-state index contributed by atoms with van der Waals surface area (Å²) in [7, 11) is 4.28. The van der Waals surface area contributed by atoms with Gasteiger partial charge in [0, 0.05) is 18.6 Å². The molecule has 0 aliphatic rings. The van der Waals surface area contributed by atoms with E-state index in [1.807, 2.05) is 0 Å². The Morgan fingerprint density at radius 2 is 1.60 bits per heavy atom. The summed E-state index contributed by atoms with van der Waals surface area (Å²) in [6.07, 6.45) is 2.51. The van der Waals surface area contributed by atoms with Gasteiger partial charge in [-0.15, -0.1) is 0 Å². The third-order valence-corrected chi connectivity index (χ3v) is 4.28. The van der Waals surface area contributed by atoms with Crippen LogP contribution in [-0.2, 0) is 0 Å². The van der Waals surface area contributed by atoms with Crippen LogP contribution < -0.4 is 5.32 Å². The van der Waals surface area contributed by atoms with E-state index in [1.165, 1.54) is 24.0 Å². The van der Waals surface area contributed by atoms with Gasteiger partial charge in [0.2, 0.25) is 0 Å². The molecule has 0 spiro atoms. The van der Waals surface area contributed by atoms with Gasteiger partial charge in [0.25, 0.3) is 0 Å². The third-order valence-electron chi connectivity index (χ3n) is 4.28. The first-order valence-corrected chi connectivity index (χ1v) is 7.96. The molecule has 0 aliphatic heterocycles. The van der Waals surface area contributed by atoms with E-state index >= 15 is 0 Å². The van der Waals surface area contributed by atoms with E-state index in [-0.39, 0.29) is 0 Å². The molecule has 2 nitrogen and oxygen atoms in total. The third kappa shape index (κ3) is 4.92. The van der Waals surface area contributed by atoms with Crippen LogP contribution in [-0.4, -0.2) is 31.6 Å². The Hall–Kier alpha value is -0.860. The van der Waals surface area contributed by atoms with Crippen LogP contribution in [0.15, 0.2) is 24.3 Å². The molecular weight excluding hydrogens is 244 g/mol. The van der Waals surface area contributed by atoms with Crippen molar-refractivity contribution >= 4 is 0 Å². The first-order chi connectivity index (χ1) is 9.49. The molecule has 0 fully saturated rings. The molecule has 0 heterocycles. The van der Waals surface area contributed by atoms with Crippen LogP contribution >= 0.6 is 0 Å². The zero-order valence-electron chi connectivity index (χ0n) is 14.1. The summed E-state index contributed by atoms with van der Waals surface area (Å²) >= 11 is 0. The smallest absolute Gasteiger partial charge is 0.0446 e. The molecule has 0 bridgehead atoms. The van der Waals surface area contributed by atoms with Gasteiger partial charge in [-0.3, -0.25) is 0 Å². The van der Waals surface area contributed by atoms with Crippen LogP contribution in [0.1, 0.15) is 63.6 Å².